The van der Waals surface area contributed by atoms with E-state index >= 15 is 0 Å². The molecule has 0 aliphatic carbocycles. The quantitative estimate of drug-likeness (QED) is 0.578. The molecular weight excluding hydrogens is 431 g/mol. The zero-order valence-corrected chi connectivity index (χ0v) is 18.1. The molecule has 0 radical (unpaired) electrons. The summed E-state index contributed by atoms with van der Waals surface area (Å²) in [6, 6.07) is 8.03. The van der Waals surface area contributed by atoms with Gasteiger partial charge in [-0.3, -0.25) is 14.3 Å². The lowest BCUT2D eigenvalue weighted by Gasteiger charge is -2.13. The number of carbonyl (C=O) groups is 2. The van der Waals surface area contributed by atoms with Gasteiger partial charge in [0.25, 0.3) is 11.8 Å². The molecule has 2 amide bonds. The van der Waals surface area contributed by atoms with Crippen molar-refractivity contribution in [2.45, 2.75) is 20.1 Å². The molecule has 2 aromatic heterocycles. The lowest BCUT2D eigenvalue weighted by atomic mass is 10.3. The second kappa shape index (κ2) is 9.23. The van der Waals surface area contributed by atoms with Gasteiger partial charge in [0.2, 0.25) is 0 Å². The SMILES string of the molecule is CCn1ncc(NC(=O)c2ccc(COc3ccc(Cl)cc3Cl)o2)c1C(=O)N(C)C. The predicted octanol–water partition coefficient (Wildman–Crippen LogP) is 4.34. The van der Waals surface area contributed by atoms with Gasteiger partial charge in [0.05, 0.1) is 16.9 Å². The fraction of sp³-hybridized carbons (Fsp3) is 0.250. The van der Waals surface area contributed by atoms with Crippen LogP contribution in [0.5, 0.6) is 5.75 Å². The summed E-state index contributed by atoms with van der Waals surface area (Å²) >= 11 is 11.9. The van der Waals surface area contributed by atoms with Crippen LogP contribution in [-0.4, -0.2) is 40.6 Å². The van der Waals surface area contributed by atoms with Gasteiger partial charge in [-0.15, -0.1) is 0 Å². The third-order valence-corrected chi connectivity index (χ3v) is 4.68. The van der Waals surface area contributed by atoms with Crippen LogP contribution in [-0.2, 0) is 13.2 Å². The number of hydrogen-bond donors (Lipinski definition) is 1. The molecule has 1 aromatic carbocycles. The standard InChI is InChI=1S/C20H20Cl2N4O4/c1-4-26-18(20(28)25(2)3)15(10-23-26)24-19(27)17-8-6-13(30-17)11-29-16-7-5-12(21)9-14(16)22/h5-10H,4,11H2,1-3H3,(H,24,27). The van der Waals surface area contributed by atoms with Crippen molar-refractivity contribution in [2.24, 2.45) is 0 Å². The van der Waals surface area contributed by atoms with E-state index in [1.165, 1.54) is 21.8 Å². The van der Waals surface area contributed by atoms with Crippen molar-refractivity contribution in [3.8, 4) is 5.75 Å². The van der Waals surface area contributed by atoms with E-state index in [1.807, 2.05) is 6.92 Å². The highest BCUT2D eigenvalue weighted by Crippen LogP contribution is 2.28. The van der Waals surface area contributed by atoms with Crippen LogP contribution in [0.3, 0.4) is 0 Å². The number of amides is 2. The van der Waals surface area contributed by atoms with E-state index in [9.17, 15) is 9.59 Å². The van der Waals surface area contributed by atoms with E-state index in [0.717, 1.165) is 0 Å². The van der Waals surface area contributed by atoms with Crippen molar-refractivity contribution in [3.63, 3.8) is 0 Å². The molecule has 0 bridgehead atoms. The maximum absolute atomic E-state index is 12.6. The minimum absolute atomic E-state index is 0.0725. The number of rotatable bonds is 7. The molecule has 0 aliphatic heterocycles. The summed E-state index contributed by atoms with van der Waals surface area (Å²) in [6.07, 6.45) is 1.44. The summed E-state index contributed by atoms with van der Waals surface area (Å²) in [6.45, 7) is 2.42. The summed E-state index contributed by atoms with van der Waals surface area (Å²) in [4.78, 5) is 26.5. The highest BCUT2D eigenvalue weighted by Gasteiger charge is 2.22. The van der Waals surface area contributed by atoms with Crippen LogP contribution in [0.25, 0.3) is 0 Å². The van der Waals surface area contributed by atoms with Gasteiger partial charge in [-0.05, 0) is 37.3 Å². The summed E-state index contributed by atoms with van der Waals surface area (Å²) in [5, 5.41) is 7.70. The molecule has 30 heavy (non-hydrogen) atoms. The Bertz CT molecular complexity index is 1070. The molecule has 0 aliphatic rings. The Hall–Kier alpha value is -2.97. The fourth-order valence-electron chi connectivity index (χ4n) is 2.66. The topological polar surface area (TPSA) is 89.6 Å². The van der Waals surface area contributed by atoms with Gasteiger partial charge in [-0.25, -0.2) is 0 Å². The number of aryl methyl sites for hydroxylation is 1. The smallest absolute Gasteiger partial charge is 0.291 e. The van der Waals surface area contributed by atoms with Crippen molar-refractivity contribution in [1.29, 1.82) is 0 Å². The van der Waals surface area contributed by atoms with Crippen LogP contribution >= 0.6 is 23.2 Å². The third-order valence-electron chi connectivity index (χ3n) is 4.15. The minimum Gasteiger partial charge on any atom is -0.484 e. The first kappa shape index (κ1) is 21.7. The van der Waals surface area contributed by atoms with Crippen LogP contribution in [0.2, 0.25) is 10.0 Å². The molecule has 0 fully saturated rings. The number of halogens is 2. The minimum atomic E-state index is -0.505. The van der Waals surface area contributed by atoms with Crippen molar-refractivity contribution in [2.75, 3.05) is 19.4 Å². The average molecular weight is 451 g/mol. The molecule has 3 rings (SSSR count). The Morgan fingerprint density at radius 1 is 1.23 bits per heavy atom. The van der Waals surface area contributed by atoms with Crippen molar-refractivity contribution in [1.82, 2.24) is 14.7 Å². The molecule has 8 nitrogen and oxygen atoms in total. The number of anilines is 1. The molecule has 0 saturated heterocycles. The Labute approximate surface area is 183 Å². The number of ether oxygens (including phenoxy) is 1. The molecule has 0 spiro atoms. The second-order valence-corrected chi connectivity index (χ2v) is 7.35. The number of hydrogen-bond acceptors (Lipinski definition) is 5. The first-order chi connectivity index (χ1) is 14.3. The normalized spacial score (nSPS) is 10.7. The molecule has 0 saturated carbocycles. The largest absolute Gasteiger partial charge is 0.484 e. The maximum Gasteiger partial charge on any atom is 0.291 e. The second-order valence-electron chi connectivity index (χ2n) is 6.51. The van der Waals surface area contributed by atoms with Crippen LogP contribution < -0.4 is 10.1 Å². The monoisotopic (exact) mass is 450 g/mol. The molecule has 2 heterocycles. The average Bonchev–Trinajstić information content (AvgIpc) is 3.33. The maximum atomic E-state index is 12.6. The molecule has 3 aromatic rings. The Kier molecular flexibility index (Phi) is 6.69. The van der Waals surface area contributed by atoms with E-state index in [1.54, 1.807) is 38.4 Å². The summed E-state index contributed by atoms with van der Waals surface area (Å²) in [5.41, 5.74) is 0.603. The number of nitrogens with zero attached hydrogens (tertiary/aromatic N) is 3. The van der Waals surface area contributed by atoms with Gasteiger partial charge >= 0.3 is 0 Å². The highest BCUT2D eigenvalue weighted by atomic mass is 35.5. The van der Waals surface area contributed by atoms with Gasteiger partial charge < -0.3 is 19.4 Å². The fourth-order valence-corrected chi connectivity index (χ4v) is 3.12. The zero-order chi connectivity index (χ0) is 21.8. The number of nitrogens with one attached hydrogen (secondary N) is 1. The summed E-state index contributed by atoms with van der Waals surface area (Å²) < 4.78 is 12.7. The van der Waals surface area contributed by atoms with Gasteiger partial charge in [0.1, 0.15) is 23.8 Å². The molecule has 158 valence electrons. The molecular formula is C20H20Cl2N4O4. The summed E-state index contributed by atoms with van der Waals surface area (Å²) in [5.74, 6) is 0.179. The van der Waals surface area contributed by atoms with Crippen molar-refractivity contribution < 1.29 is 18.7 Å². The van der Waals surface area contributed by atoms with Gasteiger partial charge in [0, 0.05) is 25.7 Å². The Morgan fingerprint density at radius 3 is 2.67 bits per heavy atom. The Balaban J connectivity index is 1.70. The number of furan rings is 1. The van der Waals surface area contributed by atoms with Crippen LogP contribution in [0.15, 0.2) is 40.9 Å². The van der Waals surface area contributed by atoms with Crippen molar-refractivity contribution in [3.05, 3.63) is 63.8 Å². The number of aromatic nitrogens is 2. The Morgan fingerprint density at radius 2 is 2.00 bits per heavy atom. The third kappa shape index (κ3) is 4.77. The predicted molar refractivity (Wildman–Crippen MR) is 113 cm³/mol. The lowest BCUT2D eigenvalue weighted by Crippen LogP contribution is -2.26. The molecule has 10 heteroatoms. The first-order valence-corrected chi connectivity index (χ1v) is 9.81. The van der Waals surface area contributed by atoms with E-state index in [2.05, 4.69) is 10.4 Å². The molecule has 0 atom stereocenters. The molecule has 0 unspecified atom stereocenters. The van der Waals surface area contributed by atoms with E-state index in [4.69, 9.17) is 32.4 Å². The lowest BCUT2D eigenvalue weighted by molar-refractivity contribution is 0.0816. The summed E-state index contributed by atoms with van der Waals surface area (Å²) in [7, 11) is 3.26. The number of benzene rings is 1. The van der Waals surface area contributed by atoms with Gasteiger partial charge in [0.15, 0.2) is 5.76 Å². The van der Waals surface area contributed by atoms with Crippen LogP contribution in [0.1, 0.15) is 33.7 Å². The first-order valence-electron chi connectivity index (χ1n) is 9.05. The highest BCUT2D eigenvalue weighted by molar-refractivity contribution is 6.35. The van der Waals surface area contributed by atoms with Crippen LogP contribution in [0.4, 0.5) is 5.69 Å². The van der Waals surface area contributed by atoms with Crippen molar-refractivity contribution >= 4 is 40.7 Å². The number of carbonyl (C=O) groups excluding carboxylic acids is 2. The zero-order valence-electron chi connectivity index (χ0n) is 16.6. The van der Waals surface area contributed by atoms with Crippen LogP contribution in [0, 0.1) is 0 Å². The molecule has 1 N–H and O–H groups in total. The van der Waals surface area contributed by atoms with E-state index in [-0.39, 0.29) is 18.3 Å². The van der Waals surface area contributed by atoms with E-state index in [0.29, 0.717) is 39.5 Å². The van der Waals surface area contributed by atoms with E-state index < -0.39 is 5.91 Å². The van der Waals surface area contributed by atoms with Gasteiger partial charge in [-0.1, -0.05) is 23.2 Å². The van der Waals surface area contributed by atoms with Gasteiger partial charge in [-0.2, -0.15) is 5.10 Å².